The maximum Gasteiger partial charge on any atom is 0.0581 e. The van der Waals surface area contributed by atoms with Gasteiger partial charge < -0.3 is 0 Å². The van der Waals surface area contributed by atoms with E-state index < -0.39 is 0 Å². The van der Waals surface area contributed by atoms with Gasteiger partial charge in [-0.2, -0.15) is 0 Å². The SMILES string of the molecule is NNC(c1cccs1)C1CC2CC2C1. The van der Waals surface area contributed by atoms with E-state index >= 15 is 0 Å². The van der Waals surface area contributed by atoms with Crippen LogP contribution in [0.2, 0.25) is 0 Å². The van der Waals surface area contributed by atoms with E-state index in [0.717, 1.165) is 17.8 Å². The first kappa shape index (κ1) is 8.89. The van der Waals surface area contributed by atoms with E-state index in [4.69, 9.17) is 5.84 Å². The molecule has 1 aromatic rings. The van der Waals surface area contributed by atoms with Gasteiger partial charge in [0.2, 0.25) is 0 Å². The predicted octanol–water partition coefficient (Wildman–Crippen LogP) is 2.30. The van der Waals surface area contributed by atoms with Gasteiger partial charge in [0.05, 0.1) is 6.04 Å². The second-order valence-electron chi connectivity index (χ2n) is 4.65. The molecule has 1 aromatic heterocycles. The first-order valence-electron chi connectivity index (χ1n) is 5.38. The van der Waals surface area contributed by atoms with Crippen LogP contribution in [0.3, 0.4) is 0 Å². The Balaban J connectivity index is 1.74. The number of rotatable bonds is 3. The monoisotopic (exact) mass is 208 g/mol. The zero-order valence-corrected chi connectivity index (χ0v) is 8.96. The Morgan fingerprint density at radius 2 is 2.14 bits per heavy atom. The molecule has 2 nitrogen and oxygen atoms in total. The molecule has 3 unspecified atom stereocenters. The number of fused-ring (bicyclic) bond motifs is 1. The molecule has 76 valence electrons. The first-order chi connectivity index (χ1) is 6.88. The van der Waals surface area contributed by atoms with Crippen molar-refractivity contribution < 1.29 is 0 Å². The maximum atomic E-state index is 5.66. The fraction of sp³-hybridized carbons (Fsp3) is 0.636. The van der Waals surface area contributed by atoms with Crippen molar-refractivity contribution in [3.05, 3.63) is 22.4 Å². The van der Waals surface area contributed by atoms with Crippen LogP contribution in [0.15, 0.2) is 17.5 Å². The first-order valence-corrected chi connectivity index (χ1v) is 6.26. The van der Waals surface area contributed by atoms with Crippen molar-refractivity contribution in [3.63, 3.8) is 0 Å². The topological polar surface area (TPSA) is 38.0 Å². The highest BCUT2D eigenvalue weighted by Crippen LogP contribution is 2.57. The summed E-state index contributed by atoms with van der Waals surface area (Å²) >= 11 is 1.82. The largest absolute Gasteiger partial charge is 0.271 e. The van der Waals surface area contributed by atoms with Crippen molar-refractivity contribution in [1.29, 1.82) is 0 Å². The molecule has 1 heterocycles. The van der Waals surface area contributed by atoms with Crippen molar-refractivity contribution in [3.8, 4) is 0 Å². The average Bonchev–Trinajstić information content (AvgIpc) is 2.70. The van der Waals surface area contributed by atoms with Crippen molar-refractivity contribution in [1.82, 2.24) is 5.43 Å². The lowest BCUT2D eigenvalue weighted by molar-refractivity contribution is 0.350. The smallest absolute Gasteiger partial charge is 0.0581 e. The van der Waals surface area contributed by atoms with Crippen LogP contribution in [0.5, 0.6) is 0 Å². The molecule has 3 atom stereocenters. The Morgan fingerprint density at radius 3 is 2.71 bits per heavy atom. The highest BCUT2D eigenvalue weighted by atomic mass is 32.1. The molecule has 0 aliphatic heterocycles. The summed E-state index contributed by atoms with van der Waals surface area (Å²) in [7, 11) is 0. The molecule has 0 saturated heterocycles. The summed E-state index contributed by atoms with van der Waals surface area (Å²) in [6, 6.07) is 4.71. The number of hydrazine groups is 1. The van der Waals surface area contributed by atoms with E-state index in [2.05, 4.69) is 22.9 Å². The van der Waals surface area contributed by atoms with E-state index in [1.165, 1.54) is 24.1 Å². The van der Waals surface area contributed by atoms with Gasteiger partial charge in [-0.3, -0.25) is 11.3 Å². The molecule has 0 amide bonds. The molecule has 0 radical (unpaired) electrons. The molecular weight excluding hydrogens is 192 g/mol. The average molecular weight is 208 g/mol. The Morgan fingerprint density at radius 1 is 1.36 bits per heavy atom. The summed E-state index contributed by atoms with van der Waals surface area (Å²) in [5.74, 6) is 8.52. The van der Waals surface area contributed by atoms with Gasteiger partial charge in [0.1, 0.15) is 0 Å². The summed E-state index contributed by atoms with van der Waals surface area (Å²) in [5.41, 5.74) is 3.00. The summed E-state index contributed by atoms with van der Waals surface area (Å²) in [6.45, 7) is 0. The number of hydrogen-bond donors (Lipinski definition) is 2. The molecule has 2 aliphatic rings. The third kappa shape index (κ3) is 1.40. The second kappa shape index (κ2) is 3.33. The fourth-order valence-corrected chi connectivity index (χ4v) is 3.83. The van der Waals surface area contributed by atoms with Gasteiger partial charge in [-0.05, 0) is 48.5 Å². The quantitative estimate of drug-likeness (QED) is 0.591. The van der Waals surface area contributed by atoms with E-state index in [1.54, 1.807) is 0 Å². The predicted molar refractivity (Wildman–Crippen MR) is 58.7 cm³/mol. The van der Waals surface area contributed by atoms with Crippen LogP contribution in [-0.2, 0) is 0 Å². The lowest BCUT2D eigenvalue weighted by Gasteiger charge is -2.22. The lowest BCUT2D eigenvalue weighted by Crippen LogP contribution is -2.32. The van der Waals surface area contributed by atoms with Crippen molar-refractivity contribution >= 4 is 11.3 Å². The van der Waals surface area contributed by atoms with Crippen molar-refractivity contribution in [2.24, 2.45) is 23.6 Å². The van der Waals surface area contributed by atoms with Crippen LogP contribution < -0.4 is 11.3 Å². The molecule has 3 heteroatoms. The van der Waals surface area contributed by atoms with Gasteiger partial charge >= 0.3 is 0 Å². The summed E-state index contributed by atoms with van der Waals surface area (Å²) < 4.78 is 0. The molecule has 2 aliphatic carbocycles. The standard InChI is InChI=1S/C11H16N2S/c12-13-11(10-2-1-3-14-10)9-5-7-4-8(7)6-9/h1-3,7-9,11,13H,4-6,12H2. The van der Waals surface area contributed by atoms with Gasteiger partial charge in [0.25, 0.3) is 0 Å². The van der Waals surface area contributed by atoms with Gasteiger partial charge in [-0.1, -0.05) is 6.07 Å². The zero-order valence-electron chi connectivity index (χ0n) is 8.15. The fourth-order valence-electron chi connectivity index (χ4n) is 2.95. The van der Waals surface area contributed by atoms with Crippen molar-refractivity contribution in [2.75, 3.05) is 0 Å². The minimum atomic E-state index is 0.405. The lowest BCUT2D eigenvalue weighted by atomic mass is 9.94. The minimum Gasteiger partial charge on any atom is -0.271 e. The summed E-state index contributed by atoms with van der Waals surface area (Å²) in [5, 5.41) is 2.13. The van der Waals surface area contributed by atoms with Crippen LogP contribution in [0.1, 0.15) is 30.2 Å². The second-order valence-corrected chi connectivity index (χ2v) is 5.63. The minimum absolute atomic E-state index is 0.405. The van der Waals surface area contributed by atoms with Gasteiger partial charge in [0.15, 0.2) is 0 Å². The van der Waals surface area contributed by atoms with Crippen molar-refractivity contribution in [2.45, 2.75) is 25.3 Å². The highest BCUT2D eigenvalue weighted by Gasteiger charge is 2.48. The van der Waals surface area contributed by atoms with E-state index in [1.807, 2.05) is 11.3 Å². The highest BCUT2D eigenvalue weighted by molar-refractivity contribution is 7.10. The third-order valence-electron chi connectivity index (χ3n) is 3.78. The van der Waals surface area contributed by atoms with Crippen LogP contribution in [0.25, 0.3) is 0 Å². The number of nitrogens with two attached hydrogens (primary N) is 1. The third-order valence-corrected chi connectivity index (χ3v) is 4.74. The van der Waals surface area contributed by atoms with E-state index in [-0.39, 0.29) is 0 Å². The van der Waals surface area contributed by atoms with Gasteiger partial charge in [-0.25, -0.2) is 0 Å². The maximum absolute atomic E-state index is 5.66. The Bertz CT molecular complexity index is 299. The van der Waals surface area contributed by atoms with Crippen LogP contribution in [0, 0.1) is 17.8 Å². The number of nitrogens with one attached hydrogen (secondary N) is 1. The normalized spacial score (nSPS) is 36.8. The Hall–Kier alpha value is -0.380. The van der Waals surface area contributed by atoms with Gasteiger partial charge in [-0.15, -0.1) is 11.3 Å². The number of thiophene rings is 1. The summed E-state index contributed by atoms with van der Waals surface area (Å²) in [4.78, 5) is 1.40. The summed E-state index contributed by atoms with van der Waals surface area (Å²) in [6.07, 6.45) is 4.26. The molecule has 0 bridgehead atoms. The van der Waals surface area contributed by atoms with Crippen LogP contribution in [-0.4, -0.2) is 0 Å². The molecular formula is C11H16N2S. The van der Waals surface area contributed by atoms with Crippen LogP contribution in [0.4, 0.5) is 0 Å². The molecule has 0 spiro atoms. The molecule has 3 rings (SSSR count). The molecule has 3 N–H and O–H groups in total. The Labute approximate surface area is 88.5 Å². The Kier molecular flexibility index (Phi) is 2.11. The van der Waals surface area contributed by atoms with E-state index in [0.29, 0.717) is 6.04 Å². The van der Waals surface area contributed by atoms with Gasteiger partial charge in [0, 0.05) is 4.88 Å². The zero-order chi connectivity index (χ0) is 9.54. The molecule has 14 heavy (non-hydrogen) atoms. The number of hydrogen-bond acceptors (Lipinski definition) is 3. The molecule has 2 fully saturated rings. The van der Waals surface area contributed by atoms with Crippen LogP contribution >= 0.6 is 11.3 Å². The van der Waals surface area contributed by atoms with E-state index in [9.17, 15) is 0 Å². The molecule has 2 saturated carbocycles. The molecule has 0 aromatic carbocycles.